The molecule has 0 aliphatic carbocycles. The number of hydrogen-bond donors (Lipinski definition) is 2. The van der Waals surface area contributed by atoms with Crippen LogP contribution in [0.1, 0.15) is 39.7 Å². The number of nitrogens with one attached hydrogen (secondary N) is 1. The van der Waals surface area contributed by atoms with Gasteiger partial charge in [-0.25, -0.2) is 8.78 Å². The summed E-state index contributed by atoms with van der Waals surface area (Å²) in [5, 5.41) is 2.71. The summed E-state index contributed by atoms with van der Waals surface area (Å²) in [5.41, 5.74) is 5.89. The van der Waals surface area contributed by atoms with E-state index < -0.39 is 12.5 Å². The molecule has 0 saturated carbocycles. The Hall–Kier alpha value is -2.10. The minimum Gasteiger partial charge on any atom is -0.370 e. The van der Waals surface area contributed by atoms with Crippen molar-refractivity contribution < 1.29 is 23.1 Å². The Balaban J connectivity index is 2.23. The maximum atomic E-state index is 13.7. The van der Waals surface area contributed by atoms with E-state index >= 15 is 0 Å². The van der Waals surface area contributed by atoms with Gasteiger partial charge >= 0.3 is 0 Å². The van der Waals surface area contributed by atoms with Gasteiger partial charge in [-0.2, -0.15) is 0 Å². The second kappa shape index (κ2) is 10.3. The van der Waals surface area contributed by atoms with Crippen molar-refractivity contribution in [2.75, 3.05) is 49.6 Å². The monoisotopic (exact) mass is 426 g/mol. The highest BCUT2D eigenvalue weighted by atomic mass is 19.3. The summed E-state index contributed by atoms with van der Waals surface area (Å²) in [4.78, 5) is 28.2. The molecule has 1 aliphatic heterocycles. The summed E-state index contributed by atoms with van der Waals surface area (Å²) in [6, 6.07) is 3.60. The van der Waals surface area contributed by atoms with Crippen LogP contribution in [0.4, 0.5) is 20.2 Å². The zero-order valence-corrected chi connectivity index (χ0v) is 18.1. The lowest BCUT2D eigenvalue weighted by Crippen LogP contribution is -2.51. The van der Waals surface area contributed by atoms with Crippen LogP contribution in [0.5, 0.6) is 0 Å². The summed E-state index contributed by atoms with van der Waals surface area (Å²) >= 11 is 0. The summed E-state index contributed by atoms with van der Waals surface area (Å²) in [6.07, 6.45) is -2.80. The average Bonchev–Trinajstić information content (AvgIpc) is 2.67. The highest BCUT2D eigenvalue weighted by Crippen LogP contribution is 2.33. The topological polar surface area (TPSA) is 87.9 Å². The molecule has 9 heteroatoms. The lowest BCUT2D eigenvalue weighted by molar-refractivity contribution is -0.125. The molecule has 1 aromatic rings. The van der Waals surface area contributed by atoms with Gasteiger partial charge in [0.2, 0.25) is 5.91 Å². The van der Waals surface area contributed by atoms with E-state index in [-0.39, 0.29) is 60.5 Å². The van der Waals surface area contributed by atoms with E-state index in [0.29, 0.717) is 13.1 Å². The van der Waals surface area contributed by atoms with Gasteiger partial charge in [0.15, 0.2) is 0 Å². The number of alkyl halides is 2. The standard InChI is InChI=1S/C21H32F2N4O3/c1-5-26(13-21(2,3)4)17(11-24)20(29)25-14-6-7-16(15(10-14)19(22)23)27-8-9-30-12-18(27)28/h6-7,10,17,19H,5,8-9,11-13,24H2,1-4H3,(H,25,29)/t17-/m1/s1. The molecule has 2 rings (SSSR count). The molecule has 3 N–H and O–H groups in total. The number of halogens is 2. The normalized spacial score (nSPS) is 16.3. The molecule has 1 atom stereocenters. The van der Waals surface area contributed by atoms with Gasteiger partial charge in [-0.1, -0.05) is 27.7 Å². The van der Waals surface area contributed by atoms with Gasteiger partial charge in [-0.05, 0) is 30.2 Å². The first-order valence-electron chi connectivity index (χ1n) is 10.1. The number of nitrogens with zero attached hydrogens (tertiary/aromatic N) is 2. The maximum absolute atomic E-state index is 13.7. The number of benzene rings is 1. The highest BCUT2D eigenvalue weighted by Gasteiger charge is 2.29. The Kier molecular flexibility index (Phi) is 8.28. The molecule has 7 nitrogen and oxygen atoms in total. The van der Waals surface area contributed by atoms with Crippen molar-refractivity contribution in [3.05, 3.63) is 23.8 Å². The second-order valence-corrected chi connectivity index (χ2v) is 8.54. The van der Waals surface area contributed by atoms with Gasteiger partial charge in [-0.3, -0.25) is 14.5 Å². The number of ether oxygens (including phenoxy) is 1. The lowest BCUT2D eigenvalue weighted by atomic mass is 9.95. The molecule has 0 unspecified atom stereocenters. The SMILES string of the molecule is CCN(CC(C)(C)C)[C@H](CN)C(=O)Nc1ccc(N2CCOCC2=O)c(C(F)F)c1. The Morgan fingerprint density at radius 3 is 2.60 bits per heavy atom. The van der Waals surface area contributed by atoms with Crippen LogP contribution in [-0.4, -0.2) is 62.1 Å². The number of carbonyl (C=O) groups is 2. The quantitative estimate of drug-likeness (QED) is 0.667. The van der Waals surface area contributed by atoms with E-state index in [2.05, 4.69) is 26.1 Å². The number of anilines is 2. The number of nitrogens with two attached hydrogens (primary N) is 1. The Morgan fingerprint density at radius 2 is 2.07 bits per heavy atom. The first-order chi connectivity index (χ1) is 14.1. The van der Waals surface area contributed by atoms with E-state index in [1.54, 1.807) is 0 Å². The van der Waals surface area contributed by atoms with E-state index in [1.807, 2.05) is 11.8 Å². The number of carbonyl (C=O) groups excluding carboxylic acids is 2. The fourth-order valence-corrected chi connectivity index (χ4v) is 3.52. The van der Waals surface area contributed by atoms with Crippen molar-refractivity contribution in [3.8, 4) is 0 Å². The summed E-state index contributed by atoms with van der Waals surface area (Å²) in [7, 11) is 0. The van der Waals surface area contributed by atoms with E-state index in [0.717, 1.165) is 0 Å². The minimum absolute atomic E-state index is 0.0289. The molecule has 0 aromatic heterocycles. The Labute approximate surface area is 176 Å². The van der Waals surface area contributed by atoms with Crippen molar-refractivity contribution in [1.29, 1.82) is 0 Å². The molecule has 0 spiro atoms. The van der Waals surface area contributed by atoms with Crippen molar-refractivity contribution in [1.82, 2.24) is 4.90 Å². The molecule has 0 bridgehead atoms. The number of rotatable bonds is 8. The first kappa shape index (κ1) is 24.2. The predicted octanol–water partition coefficient (Wildman–Crippen LogP) is 2.62. The second-order valence-electron chi connectivity index (χ2n) is 8.54. The summed E-state index contributed by atoms with van der Waals surface area (Å²) in [5.74, 6) is -0.720. The molecule has 0 radical (unpaired) electrons. The smallest absolute Gasteiger partial charge is 0.265 e. The fourth-order valence-electron chi connectivity index (χ4n) is 3.52. The van der Waals surface area contributed by atoms with E-state index in [1.165, 1.54) is 23.1 Å². The molecular formula is C21H32F2N4O3. The first-order valence-corrected chi connectivity index (χ1v) is 10.1. The predicted molar refractivity (Wildman–Crippen MR) is 113 cm³/mol. The lowest BCUT2D eigenvalue weighted by Gasteiger charge is -2.34. The number of amides is 2. The van der Waals surface area contributed by atoms with Crippen LogP contribution in [0.2, 0.25) is 0 Å². The molecule has 1 fully saturated rings. The number of likely N-dealkylation sites (N-methyl/N-ethyl adjacent to an activating group) is 1. The average molecular weight is 427 g/mol. The molecule has 168 valence electrons. The van der Waals surface area contributed by atoms with Crippen LogP contribution in [0.3, 0.4) is 0 Å². The van der Waals surface area contributed by atoms with Crippen LogP contribution in [-0.2, 0) is 14.3 Å². The van der Waals surface area contributed by atoms with Crippen LogP contribution in [0, 0.1) is 5.41 Å². The fraction of sp³-hybridized carbons (Fsp3) is 0.619. The third kappa shape index (κ3) is 6.20. The molecule has 1 heterocycles. The van der Waals surface area contributed by atoms with Gasteiger partial charge in [0.25, 0.3) is 12.3 Å². The van der Waals surface area contributed by atoms with Crippen molar-refractivity contribution >= 4 is 23.2 Å². The molecule has 30 heavy (non-hydrogen) atoms. The van der Waals surface area contributed by atoms with Gasteiger partial charge in [-0.15, -0.1) is 0 Å². The minimum atomic E-state index is -2.80. The summed E-state index contributed by atoms with van der Waals surface area (Å²) in [6.45, 7) is 9.92. The zero-order chi connectivity index (χ0) is 22.5. The Morgan fingerprint density at radius 1 is 1.37 bits per heavy atom. The highest BCUT2D eigenvalue weighted by molar-refractivity contribution is 5.97. The third-order valence-corrected chi connectivity index (χ3v) is 4.86. The molecule has 1 saturated heterocycles. The van der Waals surface area contributed by atoms with Crippen LogP contribution < -0.4 is 16.0 Å². The number of hydrogen-bond acceptors (Lipinski definition) is 5. The summed E-state index contributed by atoms with van der Waals surface area (Å²) < 4.78 is 32.5. The maximum Gasteiger partial charge on any atom is 0.265 e. The van der Waals surface area contributed by atoms with Crippen molar-refractivity contribution in [3.63, 3.8) is 0 Å². The Bertz CT molecular complexity index is 752. The van der Waals surface area contributed by atoms with Gasteiger partial charge in [0, 0.05) is 30.9 Å². The molecular weight excluding hydrogens is 394 g/mol. The van der Waals surface area contributed by atoms with Gasteiger partial charge in [0.05, 0.1) is 12.3 Å². The number of morpholine rings is 1. The zero-order valence-electron chi connectivity index (χ0n) is 18.1. The van der Waals surface area contributed by atoms with Crippen molar-refractivity contribution in [2.45, 2.75) is 40.2 Å². The van der Waals surface area contributed by atoms with E-state index in [4.69, 9.17) is 10.5 Å². The van der Waals surface area contributed by atoms with Crippen LogP contribution >= 0.6 is 0 Å². The van der Waals surface area contributed by atoms with Crippen LogP contribution in [0.25, 0.3) is 0 Å². The van der Waals surface area contributed by atoms with E-state index in [9.17, 15) is 18.4 Å². The van der Waals surface area contributed by atoms with Crippen molar-refractivity contribution in [2.24, 2.45) is 11.1 Å². The largest absolute Gasteiger partial charge is 0.370 e. The van der Waals surface area contributed by atoms with Crippen LogP contribution in [0.15, 0.2) is 18.2 Å². The third-order valence-electron chi connectivity index (χ3n) is 4.86. The van der Waals surface area contributed by atoms with Gasteiger partial charge < -0.3 is 20.7 Å². The molecule has 2 amide bonds. The molecule has 1 aromatic carbocycles. The molecule has 1 aliphatic rings. The van der Waals surface area contributed by atoms with Gasteiger partial charge in [0.1, 0.15) is 12.6 Å².